The second kappa shape index (κ2) is 8.96. The third-order valence-corrected chi connectivity index (χ3v) is 6.05. The predicted molar refractivity (Wildman–Crippen MR) is 111 cm³/mol. The minimum Gasteiger partial charge on any atom is -0.399 e. The van der Waals surface area contributed by atoms with Crippen LogP contribution >= 0.6 is 11.8 Å². The van der Waals surface area contributed by atoms with Crippen LogP contribution in [-0.4, -0.2) is 32.1 Å². The fraction of sp³-hybridized carbons (Fsp3) is 0.333. The molecular formula is C21H24N4O3S. The summed E-state index contributed by atoms with van der Waals surface area (Å²) in [6, 6.07) is 15.5. The Bertz CT molecular complexity index is 920. The Labute approximate surface area is 173 Å². The van der Waals surface area contributed by atoms with Crippen LogP contribution in [-0.2, 0) is 16.1 Å². The average Bonchev–Trinajstić information content (AvgIpc) is 3.27. The van der Waals surface area contributed by atoms with E-state index < -0.39 is 6.29 Å². The Balaban J connectivity index is 1.59. The number of benzene rings is 2. The Morgan fingerprint density at radius 3 is 2.66 bits per heavy atom. The van der Waals surface area contributed by atoms with Crippen molar-refractivity contribution in [1.29, 1.82) is 0 Å². The standard InChI is InChI=1S/C21H24N4O3S/c1-13-18(11-29-21-23-12-24-25-21)27-20(16-3-2-4-17(22)9-16)28-19(13)15-7-5-14(10-26)6-8-15/h2-9,12-13,18-20,26H,10-11,22H2,1H3,(H,23,24,25)/t13-,18+,19+,20?/m0/s1. The lowest BCUT2D eigenvalue weighted by molar-refractivity contribution is -0.268. The highest BCUT2D eigenvalue weighted by atomic mass is 32.2. The Kier molecular flexibility index (Phi) is 6.15. The lowest BCUT2D eigenvalue weighted by Crippen LogP contribution is -2.38. The van der Waals surface area contributed by atoms with E-state index in [2.05, 4.69) is 22.1 Å². The maximum absolute atomic E-state index is 9.33. The number of aromatic nitrogens is 3. The molecule has 8 heteroatoms. The van der Waals surface area contributed by atoms with Crippen molar-refractivity contribution >= 4 is 17.4 Å². The Morgan fingerprint density at radius 2 is 1.97 bits per heavy atom. The molecule has 4 N–H and O–H groups in total. The van der Waals surface area contributed by atoms with Gasteiger partial charge in [-0.2, -0.15) is 5.10 Å². The summed E-state index contributed by atoms with van der Waals surface area (Å²) >= 11 is 1.57. The molecule has 2 aromatic carbocycles. The van der Waals surface area contributed by atoms with E-state index in [0.717, 1.165) is 21.8 Å². The SMILES string of the molecule is C[C@H]1[C@@H](CSc2ncn[nH]2)OC(c2cccc(N)c2)O[C@H]1c1ccc(CO)cc1. The summed E-state index contributed by atoms with van der Waals surface area (Å²) in [6.45, 7) is 2.15. The number of aromatic amines is 1. The molecule has 1 aromatic heterocycles. The highest BCUT2D eigenvalue weighted by Gasteiger charge is 2.38. The van der Waals surface area contributed by atoms with Gasteiger partial charge < -0.3 is 20.3 Å². The summed E-state index contributed by atoms with van der Waals surface area (Å²) in [6.07, 6.45) is 0.770. The van der Waals surface area contributed by atoms with Gasteiger partial charge in [-0.25, -0.2) is 4.98 Å². The first-order valence-electron chi connectivity index (χ1n) is 9.48. The van der Waals surface area contributed by atoms with Crippen molar-refractivity contribution < 1.29 is 14.6 Å². The van der Waals surface area contributed by atoms with Gasteiger partial charge in [0.05, 0.1) is 18.8 Å². The van der Waals surface area contributed by atoms with Gasteiger partial charge in [0.15, 0.2) is 11.4 Å². The zero-order valence-corrected chi connectivity index (χ0v) is 16.9. The lowest BCUT2D eigenvalue weighted by atomic mass is 9.91. The molecule has 0 saturated carbocycles. The summed E-state index contributed by atoms with van der Waals surface area (Å²) in [7, 11) is 0. The molecule has 0 amide bonds. The summed E-state index contributed by atoms with van der Waals surface area (Å²) < 4.78 is 12.7. The number of nitrogens with two attached hydrogens (primary N) is 1. The number of aliphatic hydroxyl groups is 1. The zero-order chi connectivity index (χ0) is 20.2. The van der Waals surface area contributed by atoms with Crippen molar-refractivity contribution in [3.63, 3.8) is 0 Å². The molecule has 1 saturated heterocycles. The van der Waals surface area contributed by atoms with Gasteiger partial charge in [-0.3, -0.25) is 5.10 Å². The second-order valence-electron chi connectivity index (χ2n) is 7.09. The first-order chi connectivity index (χ1) is 14.1. The second-order valence-corrected chi connectivity index (χ2v) is 8.10. The first-order valence-corrected chi connectivity index (χ1v) is 10.5. The molecule has 0 bridgehead atoms. The van der Waals surface area contributed by atoms with Gasteiger partial charge in [0.25, 0.3) is 0 Å². The fourth-order valence-electron chi connectivity index (χ4n) is 3.44. The molecule has 7 nitrogen and oxygen atoms in total. The fourth-order valence-corrected chi connectivity index (χ4v) is 4.38. The van der Waals surface area contributed by atoms with Crippen LogP contribution in [0.2, 0.25) is 0 Å². The lowest BCUT2D eigenvalue weighted by Gasteiger charge is -2.41. The normalized spacial score (nSPS) is 24.5. The van der Waals surface area contributed by atoms with Crippen LogP contribution in [0.3, 0.4) is 0 Å². The van der Waals surface area contributed by atoms with Gasteiger partial charge in [0.2, 0.25) is 0 Å². The van der Waals surface area contributed by atoms with Crippen molar-refractivity contribution in [3.8, 4) is 0 Å². The Hall–Kier alpha value is -2.39. The topological polar surface area (TPSA) is 106 Å². The molecular weight excluding hydrogens is 388 g/mol. The van der Waals surface area contributed by atoms with Crippen LogP contribution in [0.5, 0.6) is 0 Å². The van der Waals surface area contributed by atoms with Crippen molar-refractivity contribution in [3.05, 3.63) is 71.5 Å². The average molecular weight is 413 g/mol. The molecule has 152 valence electrons. The van der Waals surface area contributed by atoms with Gasteiger partial charge in [-0.15, -0.1) is 0 Å². The number of aliphatic hydroxyl groups excluding tert-OH is 1. The van der Waals surface area contributed by atoms with E-state index in [9.17, 15) is 5.11 Å². The van der Waals surface area contributed by atoms with Crippen LogP contribution in [0.25, 0.3) is 0 Å². The molecule has 0 spiro atoms. The molecule has 4 rings (SSSR count). The van der Waals surface area contributed by atoms with E-state index >= 15 is 0 Å². The number of rotatable bonds is 6. The van der Waals surface area contributed by atoms with Gasteiger partial charge in [0.1, 0.15) is 6.33 Å². The number of thioether (sulfide) groups is 1. The molecule has 1 aliphatic rings. The number of hydrogen-bond donors (Lipinski definition) is 3. The largest absolute Gasteiger partial charge is 0.399 e. The van der Waals surface area contributed by atoms with Crippen molar-refractivity contribution in [2.75, 3.05) is 11.5 Å². The van der Waals surface area contributed by atoms with Gasteiger partial charge in [0, 0.05) is 22.9 Å². The van der Waals surface area contributed by atoms with Gasteiger partial charge in [-0.1, -0.05) is 55.1 Å². The van der Waals surface area contributed by atoms with Crippen LogP contribution in [0.4, 0.5) is 5.69 Å². The van der Waals surface area contributed by atoms with Gasteiger partial charge >= 0.3 is 0 Å². The number of ether oxygens (including phenoxy) is 2. The molecule has 3 aromatic rings. The molecule has 0 aliphatic carbocycles. The number of hydrogen-bond acceptors (Lipinski definition) is 7. The quantitative estimate of drug-likeness (QED) is 0.420. The van der Waals surface area contributed by atoms with Crippen LogP contribution in [0.15, 0.2) is 60.0 Å². The molecule has 2 heterocycles. The molecule has 1 unspecified atom stereocenters. The third kappa shape index (κ3) is 4.62. The number of nitrogen functional groups attached to an aromatic ring is 1. The zero-order valence-electron chi connectivity index (χ0n) is 16.1. The minimum absolute atomic E-state index is 0.0207. The number of nitrogens with one attached hydrogen (secondary N) is 1. The van der Waals surface area contributed by atoms with Crippen LogP contribution in [0.1, 0.15) is 36.0 Å². The van der Waals surface area contributed by atoms with Crippen molar-refractivity contribution in [2.45, 2.75) is 37.2 Å². The van der Waals surface area contributed by atoms with E-state index in [0.29, 0.717) is 11.4 Å². The first kappa shape index (κ1) is 19.9. The van der Waals surface area contributed by atoms with E-state index in [1.807, 2.05) is 48.5 Å². The van der Waals surface area contributed by atoms with Crippen LogP contribution in [0, 0.1) is 5.92 Å². The highest BCUT2D eigenvalue weighted by Crippen LogP contribution is 2.42. The summed E-state index contributed by atoms with van der Waals surface area (Å²) in [5.41, 5.74) is 9.46. The maximum Gasteiger partial charge on any atom is 0.185 e. The predicted octanol–water partition coefficient (Wildman–Crippen LogP) is 3.46. The smallest absolute Gasteiger partial charge is 0.185 e. The minimum atomic E-state index is -0.516. The molecule has 1 aliphatic heterocycles. The van der Waals surface area contributed by atoms with E-state index in [1.54, 1.807) is 11.8 Å². The molecule has 29 heavy (non-hydrogen) atoms. The van der Waals surface area contributed by atoms with E-state index in [-0.39, 0.29) is 24.7 Å². The van der Waals surface area contributed by atoms with E-state index in [4.69, 9.17) is 15.2 Å². The number of nitrogens with zero attached hydrogens (tertiary/aromatic N) is 2. The molecule has 4 atom stereocenters. The summed E-state index contributed by atoms with van der Waals surface area (Å²) in [5.74, 6) is 0.826. The summed E-state index contributed by atoms with van der Waals surface area (Å²) in [5, 5.41) is 16.9. The molecule has 1 fully saturated rings. The third-order valence-electron chi connectivity index (χ3n) is 5.08. The Morgan fingerprint density at radius 1 is 1.14 bits per heavy atom. The van der Waals surface area contributed by atoms with Crippen molar-refractivity contribution in [1.82, 2.24) is 15.2 Å². The monoisotopic (exact) mass is 412 g/mol. The number of anilines is 1. The van der Waals surface area contributed by atoms with Crippen molar-refractivity contribution in [2.24, 2.45) is 5.92 Å². The van der Waals surface area contributed by atoms with Crippen LogP contribution < -0.4 is 5.73 Å². The maximum atomic E-state index is 9.33. The van der Waals surface area contributed by atoms with Gasteiger partial charge in [-0.05, 0) is 23.3 Å². The molecule has 0 radical (unpaired) electrons. The summed E-state index contributed by atoms with van der Waals surface area (Å²) in [4.78, 5) is 4.18. The highest BCUT2D eigenvalue weighted by molar-refractivity contribution is 7.99. The number of H-pyrrole nitrogens is 1. The van der Waals surface area contributed by atoms with E-state index in [1.165, 1.54) is 6.33 Å².